The molecular weight excluding hydrogens is 325 g/mol. The van der Waals surface area contributed by atoms with Crippen molar-refractivity contribution in [3.63, 3.8) is 0 Å². The van der Waals surface area contributed by atoms with Gasteiger partial charge < -0.3 is 4.90 Å². The number of hydrogen-bond acceptors (Lipinski definition) is 3. The molecular formula is C16H15F3N2OS. The van der Waals surface area contributed by atoms with Gasteiger partial charge in [0.25, 0.3) is 5.91 Å². The van der Waals surface area contributed by atoms with E-state index >= 15 is 0 Å². The van der Waals surface area contributed by atoms with E-state index in [0.29, 0.717) is 6.54 Å². The third-order valence-corrected chi connectivity index (χ3v) is 4.53. The number of alkyl halides is 3. The molecule has 1 aromatic carbocycles. The Bertz CT molecular complexity index is 705. The van der Waals surface area contributed by atoms with E-state index in [1.165, 1.54) is 23.5 Å². The van der Waals surface area contributed by atoms with Crippen LogP contribution in [0.15, 0.2) is 29.6 Å². The molecule has 0 radical (unpaired) electrons. The Morgan fingerprint density at radius 1 is 1.30 bits per heavy atom. The number of carbonyl (C=O) groups excluding carboxylic acids is 1. The lowest BCUT2D eigenvalue weighted by atomic mass is 10.1. The lowest BCUT2D eigenvalue weighted by Gasteiger charge is -2.21. The second-order valence-electron chi connectivity index (χ2n) is 5.60. The average molecular weight is 340 g/mol. The van der Waals surface area contributed by atoms with E-state index in [-0.39, 0.29) is 17.5 Å². The molecule has 0 atom stereocenters. The predicted molar refractivity (Wildman–Crippen MR) is 81.2 cm³/mol. The number of carbonyl (C=O) groups is 1. The average Bonchev–Trinajstić information content (AvgIpc) is 3.26. The van der Waals surface area contributed by atoms with Gasteiger partial charge in [-0.3, -0.25) is 4.79 Å². The number of aromatic nitrogens is 1. The van der Waals surface area contributed by atoms with Gasteiger partial charge in [0.15, 0.2) is 0 Å². The SMILES string of the molecule is Cc1nc(CN(C(=O)c2ccc(C(F)(F)F)cc2)C2CC2)cs1. The molecule has 3 nitrogen and oxygen atoms in total. The number of rotatable bonds is 4. The number of benzene rings is 1. The van der Waals surface area contributed by atoms with Crippen LogP contribution >= 0.6 is 11.3 Å². The Balaban J connectivity index is 1.78. The van der Waals surface area contributed by atoms with E-state index in [0.717, 1.165) is 35.7 Å². The van der Waals surface area contributed by atoms with Crippen LogP contribution in [0.4, 0.5) is 13.2 Å². The van der Waals surface area contributed by atoms with Crippen molar-refractivity contribution in [1.82, 2.24) is 9.88 Å². The van der Waals surface area contributed by atoms with Crippen molar-refractivity contribution in [1.29, 1.82) is 0 Å². The highest BCUT2D eigenvalue weighted by Gasteiger charge is 2.34. The summed E-state index contributed by atoms with van der Waals surface area (Å²) < 4.78 is 37.8. The van der Waals surface area contributed by atoms with Crippen molar-refractivity contribution in [3.05, 3.63) is 51.5 Å². The number of thiazole rings is 1. The maximum atomic E-state index is 12.6. The minimum absolute atomic E-state index is 0.159. The highest BCUT2D eigenvalue weighted by atomic mass is 32.1. The molecule has 0 bridgehead atoms. The molecule has 0 spiro atoms. The molecule has 122 valence electrons. The fraction of sp³-hybridized carbons (Fsp3) is 0.375. The number of hydrogen-bond donors (Lipinski definition) is 0. The third-order valence-electron chi connectivity index (χ3n) is 3.71. The molecule has 1 heterocycles. The topological polar surface area (TPSA) is 33.2 Å². The molecule has 0 aliphatic heterocycles. The summed E-state index contributed by atoms with van der Waals surface area (Å²) in [4.78, 5) is 18.7. The second-order valence-corrected chi connectivity index (χ2v) is 6.66. The van der Waals surface area contributed by atoms with Gasteiger partial charge in [-0.15, -0.1) is 11.3 Å². The number of aryl methyl sites for hydroxylation is 1. The molecule has 3 rings (SSSR count). The van der Waals surface area contributed by atoms with Crippen molar-refractivity contribution < 1.29 is 18.0 Å². The summed E-state index contributed by atoms with van der Waals surface area (Å²) in [5.41, 5.74) is 0.346. The summed E-state index contributed by atoms with van der Waals surface area (Å²) in [5, 5.41) is 2.84. The molecule has 1 saturated carbocycles. The minimum Gasteiger partial charge on any atom is -0.330 e. The first-order valence-corrected chi connectivity index (χ1v) is 8.12. The number of amides is 1. The molecule has 1 aliphatic carbocycles. The highest BCUT2D eigenvalue weighted by molar-refractivity contribution is 7.09. The van der Waals surface area contributed by atoms with Crippen LogP contribution in [0.25, 0.3) is 0 Å². The van der Waals surface area contributed by atoms with E-state index in [1.54, 1.807) is 4.90 Å². The summed E-state index contributed by atoms with van der Waals surface area (Å²) in [6.45, 7) is 2.29. The Morgan fingerprint density at radius 2 is 1.96 bits per heavy atom. The first kappa shape index (κ1) is 16.0. The summed E-state index contributed by atoms with van der Waals surface area (Å²) in [6.07, 6.45) is -2.54. The zero-order valence-corrected chi connectivity index (χ0v) is 13.2. The van der Waals surface area contributed by atoms with Crippen molar-refractivity contribution in [2.75, 3.05) is 0 Å². The fourth-order valence-electron chi connectivity index (χ4n) is 2.38. The Hall–Kier alpha value is -1.89. The van der Waals surface area contributed by atoms with Crippen LogP contribution in [0, 0.1) is 6.92 Å². The molecule has 1 aliphatic rings. The molecule has 1 amide bonds. The van der Waals surface area contributed by atoms with E-state index in [9.17, 15) is 18.0 Å². The molecule has 0 N–H and O–H groups in total. The van der Waals surface area contributed by atoms with Gasteiger partial charge in [0.05, 0.1) is 22.8 Å². The predicted octanol–water partition coefficient (Wildman–Crippen LogP) is 4.28. The zero-order chi connectivity index (χ0) is 16.6. The second kappa shape index (κ2) is 5.96. The number of nitrogens with zero attached hydrogens (tertiary/aromatic N) is 2. The van der Waals surface area contributed by atoms with Gasteiger partial charge in [0, 0.05) is 17.0 Å². The molecule has 0 unspecified atom stereocenters. The Kier molecular flexibility index (Phi) is 4.14. The third kappa shape index (κ3) is 3.72. The van der Waals surface area contributed by atoms with E-state index in [2.05, 4.69) is 4.98 Å². The van der Waals surface area contributed by atoms with Gasteiger partial charge in [0.1, 0.15) is 0 Å². The molecule has 23 heavy (non-hydrogen) atoms. The van der Waals surface area contributed by atoms with Gasteiger partial charge in [0.2, 0.25) is 0 Å². The van der Waals surface area contributed by atoms with Crippen LogP contribution in [-0.4, -0.2) is 21.8 Å². The van der Waals surface area contributed by atoms with Crippen molar-refractivity contribution >= 4 is 17.2 Å². The fourth-order valence-corrected chi connectivity index (χ4v) is 2.98. The molecule has 2 aromatic rings. The molecule has 1 aromatic heterocycles. The minimum atomic E-state index is -4.39. The smallest absolute Gasteiger partial charge is 0.330 e. The summed E-state index contributed by atoms with van der Waals surface area (Å²) in [5.74, 6) is -0.244. The molecule has 7 heteroatoms. The van der Waals surface area contributed by atoms with Gasteiger partial charge >= 0.3 is 6.18 Å². The largest absolute Gasteiger partial charge is 0.416 e. The first-order chi connectivity index (χ1) is 10.8. The molecule has 0 saturated heterocycles. The first-order valence-electron chi connectivity index (χ1n) is 7.24. The van der Waals surface area contributed by atoms with Crippen molar-refractivity contribution in [2.45, 2.75) is 38.5 Å². The lowest BCUT2D eigenvalue weighted by molar-refractivity contribution is -0.137. The van der Waals surface area contributed by atoms with Crippen LogP contribution in [0.5, 0.6) is 0 Å². The summed E-state index contributed by atoms with van der Waals surface area (Å²) in [7, 11) is 0. The van der Waals surface area contributed by atoms with Crippen molar-refractivity contribution in [2.24, 2.45) is 0 Å². The highest BCUT2D eigenvalue weighted by Crippen LogP contribution is 2.32. The van der Waals surface area contributed by atoms with Crippen LogP contribution in [-0.2, 0) is 12.7 Å². The van der Waals surface area contributed by atoms with Crippen LogP contribution in [0.3, 0.4) is 0 Å². The van der Waals surface area contributed by atoms with Crippen LogP contribution in [0.2, 0.25) is 0 Å². The quantitative estimate of drug-likeness (QED) is 0.832. The zero-order valence-electron chi connectivity index (χ0n) is 12.4. The monoisotopic (exact) mass is 340 g/mol. The lowest BCUT2D eigenvalue weighted by Crippen LogP contribution is -2.32. The van der Waals surface area contributed by atoms with Crippen LogP contribution < -0.4 is 0 Å². The maximum absolute atomic E-state index is 12.6. The standard InChI is InChI=1S/C16H15F3N2OS/c1-10-20-13(9-23-10)8-21(14-6-7-14)15(22)11-2-4-12(5-3-11)16(17,18)19/h2-5,9,14H,6-8H2,1H3. The molecule has 1 fully saturated rings. The maximum Gasteiger partial charge on any atom is 0.416 e. The Labute approximate surface area is 135 Å². The van der Waals surface area contributed by atoms with Crippen LogP contribution in [0.1, 0.15) is 39.5 Å². The van der Waals surface area contributed by atoms with Gasteiger partial charge in [-0.1, -0.05) is 0 Å². The summed E-state index contributed by atoms with van der Waals surface area (Å²) in [6, 6.07) is 4.54. The van der Waals surface area contributed by atoms with Gasteiger partial charge in [-0.25, -0.2) is 4.98 Å². The summed E-state index contributed by atoms with van der Waals surface area (Å²) >= 11 is 1.52. The van der Waals surface area contributed by atoms with Gasteiger partial charge in [-0.2, -0.15) is 13.2 Å². The number of halogens is 3. The van der Waals surface area contributed by atoms with E-state index in [4.69, 9.17) is 0 Å². The normalized spacial score (nSPS) is 14.8. The Morgan fingerprint density at radius 3 is 2.43 bits per heavy atom. The van der Waals surface area contributed by atoms with Crippen molar-refractivity contribution in [3.8, 4) is 0 Å². The van der Waals surface area contributed by atoms with Gasteiger partial charge in [-0.05, 0) is 44.0 Å². The van der Waals surface area contributed by atoms with E-state index < -0.39 is 11.7 Å². The van der Waals surface area contributed by atoms with E-state index in [1.807, 2.05) is 12.3 Å².